The number of H-pyrrole nitrogens is 1. The number of terminal acetylenes is 1. The van der Waals surface area contributed by atoms with Crippen molar-refractivity contribution in [2.45, 2.75) is 19.4 Å². The Bertz CT molecular complexity index is 310. The lowest BCUT2D eigenvalue weighted by Gasteiger charge is -2.08. The highest BCUT2D eigenvalue weighted by Crippen LogP contribution is 1.96. The van der Waals surface area contributed by atoms with Crippen molar-refractivity contribution in [2.75, 3.05) is 0 Å². The van der Waals surface area contributed by atoms with Gasteiger partial charge in [0.15, 0.2) is 0 Å². The van der Waals surface area contributed by atoms with Gasteiger partial charge in [-0.1, -0.05) is 12.8 Å². The first-order chi connectivity index (χ1) is 6.27. The van der Waals surface area contributed by atoms with E-state index in [0.717, 1.165) is 6.42 Å². The molecule has 1 heterocycles. The average molecular weight is 177 g/mol. The Balaban J connectivity index is 2.57. The van der Waals surface area contributed by atoms with Crippen LogP contribution < -0.4 is 5.32 Å². The Morgan fingerprint density at radius 3 is 3.15 bits per heavy atom. The number of hydrogen-bond acceptors (Lipinski definition) is 2. The summed E-state index contributed by atoms with van der Waals surface area (Å²) in [6.07, 6.45) is 8.90. The summed E-state index contributed by atoms with van der Waals surface area (Å²) in [5.74, 6) is 2.29. The van der Waals surface area contributed by atoms with Crippen molar-refractivity contribution in [3.8, 4) is 12.3 Å². The molecular formula is C9H11N3O. The minimum absolute atomic E-state index is 0.196. The molecule has 0 aliphatic heterocycles. The van der Waals surface area contributed by atoms with Crippen LogP contribution >= 0.6 is 0 Å². The van der Waals surface area contributed by atoms with Crippen LogP contribution in [0.4, 0.5) is 0 Å². The van der Waals surface area contributed by atoms with E-state index in [1.54, 1.807) is 0 Å². The van der Waals surface area contributed by atoms with Crippen LogP contribution in [-0.4, -0.2) is 22.1 Å². The van der Waals surface area contributed by atoms with Gasteiger partial charge in [0, 0.05) is 6.20 Å². The highest BCUT2D eigenvalue weighted by atomic mass is 16.1. The standard InChI is InChI=1S/C9H11N3O/c1-3-8(4-2)12-9(13)7-5-10-11-6-7/h1,5-6,8H,4H2,2H3,(H,10,11)(H,12,13). The van der Waals surface area contributed by atoms with Crippen molar-refractivity contribution in [2.24, 2.45) is 0 Å². The molecule has 0 aliphatic carbocycles. The summed E-state index contributed by atoms with van der Waals surface area (Å²) in [6, 6.07) is -0.206. The van der Waals surface area contributed by atoms with Crippen molar-refractivity contribution in [3.05, 3.63) is 18.0 Å². The van der Waals surface area contributed by atoms with Crippen molar-refractivity contribution in [1.82, 2.24) is 15.5 Å². The highest BCUT2D eigenvalue weighted by Gasteiger charge is 2.09. The van der Waals surface area contributed by atoms with Gasteiger partial charge in [0.25, 0.3) is 5.91 Å². The molecule has 1 aromatic heterocycles. The quantitative estimate of drug-likeness (QED) is 0.662. The minimum Gasteiger partial charge on any atom is -0.338 e. The first-order valence-electron chi connectivity index (χ1n) is 4.03. The number of rotatable bonds is 3. The van der Waals surface area contributed by atoms with Gasteiger partial charge >= 0.3 is 0 Å². The third kappa shape index (κ3) is 2.34. The molecule has 0 fully saturated rings. The second-order valence-electron chi connectivity index (χ2n) is 2.59. The van der Waals surface area contributed by atoms with Crippen LogP contribution in [0.25, 0.3) is 0 Å². The summed E-state index contributed by atoms with van der Waals surface area (Å²) < 4.78 is 0. The zero-order valence-corrected chi connectivity index (χ0v) is 7.37. The molecule has 2 N–H and O–H groups in total. The van der Waals surface area contributed by atoms with Crippen molar-refractivity contribution < 1.29 is 4.79 Å². The number of carbonyl (C=O) groups excluding carboxylic acids is 1. The third-order valence-corrected chi connectivity index (χ3v) is 1.68. The number of aromatic amines is 1. The van der Waals surface area contributed by atoms with E-state index in [9.17, 15) is 4.79 Å². The Hall–Kier alpha value is -1.76. The predicted molar refractivity (Wildman–Crippen MR) is 49.0 cm³/mol. The molecule has 13 heavy (non-hydrogen) atoms. The van der Waals surface area contributed by atoms with Gasteiger partial charge in [0.2, 0.25) is 0 Å². The number of amides is 1. The molecule has 1 rings (SSSR count). The van der Waals surface area contributed by atoms with Crippen molar-refractivity contribution in [3.63, 3.8) is 0 Å². The summed E-state index contributed by atoms with van der Waals surface area (Å²) in [4.78, 5) is 11.4. The van der Waals surface area contributed by atoms with Gasteiger partial charge in [-0.2, -0.15) is 5.10 Å². The third-order valence-electron chi connectivity index (χ3n) is 1.68. The molecule has 68 valence electrons. The normalized spacial score (nSPS) is 11.7. The molecule has 0 aromatic carbocycles. The van der Waals surface area contributed by atoms with E-state index in [0.29, 0.717) is 5.56 Å². The van der Waals surface area contributed by atoms with Gasteiger partial charge in [-0.25, -0.2) is 0 Å². The fraction of sp³-hybridized carbons (Fsp3) is 0.333. The smallest absolute Gasteiger partial charge is 0.255 e. The summed E-state index contributed by atoms with van der Waals surface area (Å²) in [5, 5.41) is 8.91. The predicted octanol–water partition coefficient (Wildman–Crippen LogP) is 0.551. The van der Waals surface area contributed by atoms with E-state index < -0.39 is 0 Å². The van der Waals surface area contributed by atoms with Gasteiger partial charge < -0.3 is 5.32 Å². The largest absolute Gasteiger partial charge is 0.338 e. The molecule has 1 unspecified atom stereocenters. The van der Waals surface area contributed by atoms with Crippen molar-refractivity contribution in [1.29, 1.82) is 0 Å². The molecule has 4 heteroatoms. The highest BCUT2D eigenvalue weighted by molar-refractivity contribution is 5.94. The van der Waals surface area contributed by atoms with Crippen LogP contribution in [0.1, 0.15) is 23.7 Å². The first kappa shape index (κ1) is 9.33. The Labute approximate surface area is 76.7 Å². The monoisotopic (exact) mass is 177 g/mol. The number of nitrogens with one attached hydrogen (secondary N) is 2. The number of aromatic nitrogens is 2. The van der Waals surface area contributed by atoms with Gasteiger partial charge in [-0.3, -0.25) is 9.89 Å². The van der Waals surface area contributed by atoms with Crippen LogP contribution in [0.5, 0.6) is 0 Å². The molecule has 0 saturated heterocycles. The van der Waals surface area contributed by atoms with E-state index in [-0.39, 0.29) is 11.9 Å². The maximum Gasteiger partial charge on any atom is 0.255 e. The number of nitrogens with zero attached hydrogens (tertiary/aromatic N) is 1. The molecule has 0 saturated carbocycles. The van der Waals surface area contributed by atoms with Gasteiger partial charge in [0.1, 0.15) is 0 Å². The maximum atomic E-state index is 11.4. The molecular weight excluding hydrogens is 166 g/mol. The summed E-state index contributed by atoms with van der Waals surface area (Å²) in [6.45, 7) is 1.92. The molecule has 4 nitrogen and oxygen atoms in total. The van der Waals surface area contributed by atoms with Crippen LogP contribution in [0, 0.1) is 12.3 Å². The summed E-state index contributed by atoms with van der Waals surface area (Å²) >= 11 is 0. The first-order valence-corrected chi connectivity index (χ1v) is 4.03. The zero-order chi connectivity index (χ0) is 9.68. The molecule has 0 spiro atoms. The van der Waals surface area contributed by atoms with Gasteiger partial charge in [0.05, 0.1) is 17.8 Å². The zero-order valence-electron chi connectivity index (χ0n) is 7.37. The van der Waals surface area contributed by atoms with E-state index in [4.69, 9.17) is 6.42 Å². The average Bonchev–Trinajstić information content (AvgIpc) is 2.66. The van der Waals surface area contributed by atoms with E-state index in [1.165, 1.54) is 12.4 Å². The van der Waals surface area contributed by atoms with Crippen LogP contribution in [0.3, 0.4) is 0 Å². The fourth-order valence-electron chi connectivity index (χ4n) is 0.878. The Kier molecular flexibility index (Phi) is 3.09. The van der Waals surface area contributed by atoms with E-state index >= 15 is 0 Å². The summed E-state index contributed by atoms with van der Waals surface area (Å²) in [7, 11) is 0. The lowest BCUT2D eigenvalue weighted by atomic mass is 10.2. The van der Waals surface area contributed by atoms with Crippen LogP contribution in [0.2, 0.25) is 0 Å². The van der Waals surface area contributed by atoms with E-state index in [2.05, 4.69) is 21.4 Å². The van der Waals surface area contributed by atoms with Gasteiger partial charge in [-0.05, 0) is 6.42 Å². The second kappa shape index (κ2) is 4.31. The van der Waals surface area contributed by atoms with Crippen molar-refractivity contribution >= 4 is 5.91 Å². The van der Waals surface area contributed by atoms with Crippen LogP contribution in [-0.2, 0) is 0 Å². The molecule has 0 bridgehead atoms. The molecule has 1 aromatic rings. The molecule has 1 amide bonds. The van der Waals surface area contributed by atoms with Crippen LogP contribution in [0.15, 0.2) is 12.4 Å². The lowest BCUT2D eigenvalue weighted by molar-refractivity contribution is 0.0945. The minimum atomic E-state index is -0.206. The maximum absolute atomic E-state index is 11.4. The van der Waals surface area contributed by atoms with Gasteiger partial charge in [-0.15, -0.1) is 6.42 Å². The lowest BCUT2D eigenvalue weighted by Crippen LogP contribution is -2.32. The SMILES string of the molecule is C#CC(CC)NC(=O)c1cn[nH]c1. The Morgan fingerprint density at radius 2 is 2.69 bits per heavy atom. The topological polar surface area (TPSA) is 57.8 Å². The summed E-state index contributed by atoms with van der Waals surface area (Å²) in [5.41, 5.74) is 0.494. The number of carbonyl (C=O) groups is 1. The van der Waals surface area contributed by atoms with E-state index in [1.807, 2.05) is 6.92 Å². The molecule has 0 radical (unpaired) electrons. The Morgan fingerprint density at radius 1 is 1.92 bits per heavy atom. The molecule has 1 atom stereocenters. The number of hydrogen-bond donors (Lipinski definition) is 2. The second-order valence-corrected chi connectivity index (χ2v) is 2.59. The molecule has 0 aliphatic rings. The fourth-order valence-corrected chi connectivity index (χ4v) is 0.878.